The topological polar surface area (TPSA) is 61.5 Å². The Labute approximate surface area is 110 Å². The van der Waals surface area contributed by atoms with Crippen molar-refractivity contribution in [2.24, 2.45) is 5.73 Å². The van der Waals surface area contributed by atoms with E-state index < -0.39 is 6.10 Å². The van der Waals surface area contributed by atoms with Gasteiger partial charge in [-0.3, -0.25) is 0 Å². The monoisotopic (exact) mass is 257 g/mol. The number of carbonyl (C=O) groups excluding carboxylic acids is 1. The van der Waals surface area contributed by atoms with Crippen LogP contribution < -0.4 is 5.73 Å². The maximum atomic E-state index is 11.9. The van der Waals surface area contributed by atoms with Gasteiger partial charge < -0.3 is 15.2 Å². The summed E-state index contributed by atoms with van der Waals surface area (Å²) in [6.45, 7) is 4.76. The fraction of sp³-hybridized carbons (Fsp3) is 0.929. The first-order chi connectivity index (χ1) is 8.67. The molecule has 0 saturated heterocycles. The van der Waals surface area contributed by atoms with Crippen molar-refractivity contribution < 1.29 is 14.3 Å². The molecule has 1 unspecified atom stereocenters. The smallest absolute Gasteiger partial charge is 0.335 e. The van der Waals surface area contributed by atoms with Crippen LogP contribution in [0.5, 0.6) is 0 Å². The lowest BCUT2D eigenvalue weighted by molar-refractivity contribution is -0.174. The standard InChI is InChI=1S/C14H27NO3/c1-3-8-12(13(16)17-4-2)18-14(11-15)9-6-5-7-10-14/h12H,3-11,15H2,1-2H3. The van der Waals surface area contributed by atoms with E-state index in [1.807, 2.05) is 13.8 Å². The Morgan fingerprint density at radius 2 is 1.94 bits per heavy atom. The van der Waals surface area contributed by atoms with Crippen LogP contribution in [0.4, 0.5) is 0 Å². The summed E-state index contributed by atoms with van der Waals surface area (Å²) in [4.78, 5) is 11.9. The Kier molecular flexibility index (Phi) is 6.65. The van der Waals surface area contributed by atoms with Crippen molar-refractivity contribution >= 4 is 5.97 Å². The second-order valence-corrected chi connectivity index (χ2v) is 5.10. The molecule has 2 N–H and O–H groups in total. The number of esters is 1. The molecule has 1 aliphatic rings. The number of ether oxygens (including phenoxy) is 2. The van der Waals surface area contributed by atoms with Crippen LogP contribution in [0.15, 0.2) is 0 Å². The molecule has 1 atom stereocenters. The molecule has 0 heterocycles. The van der Waals surface area contributed by atoms with Crippen molar-refractivity contribution in [3.8, 4) is 0 Å². The molecule has 0 aromatic heterocycles. The molecule has 0 spiro atoms. The number of rotatable bonds is 7. The van der Waals surface area contributed by atoms with Gasteiger partial charge in [0, 0.05) is 6.54 Å². The lowest BCUT2D eigenvalue weighted by Crippen LogP contribution is -2.47. The summed E-state index contributed by atoms with van der Waals surface area (Å²) in [5, 5.41) is 0. The number of hydrogen-bond donors (Lipinski definition) is 1. The predicted octanol–water partition coefficient (Wildman–Crippen LogP) is 2.40. The molecular formula is C14H27NO3. The normalized spacial score (nSPS) is 20.4. The van der Waals surface area contributed by atoms with Crippen LogP contribution in [-0.2, 0) is 14.3 Å². The van der Waals surface area contributed by atoms with Crippen LogP contribution in [0, 0.1) is 0 Å². The van der Waals surface area contributed by atoms with Crippen molar-refractivity contribution in [2.45, 2.75) is 70.5 Å². The molecule has 106 valence electrons. The van der Waals surface area contributed by atoms with Gasteiger partial charge in [-0.1, -0.05) is 32.6 Å². The van der Waals surface area contributed by atoms with Gasteiger partial charge in [-0.05, 0) is 26.2 Å². The van der Waals surface area contributed by atoms with Gasteiger partial charge in [0.15, 0.2) is 6.10 Å². The highest BCUT2D eigenvalue weighted by atomic mass is 16.6. The molecule has 1 aliphatic carbocycles. The highest BCUT2D eigenvalue weighted by Gasteiger charge is 2.36. The average molecular weight is 257 g/mol. The Morgan fingerprint density at radius 3 is 2.44 bits per heavy atom. The number of nitrogens with two attached hydrogens (primary N) is 1. The molecule has 1 rings (SSSR count). The lowest BCUT2D eigenvalue weighted by Gasteiger charge is -2.38. The fourth-order valence-corrected chi connectivity index (χ4v) is 2.59. The lowest BCUT2D eigenvalue weighted by atomic mass is 9.84. The first-order valence-electron chi connectivity index (χ1n) is 7.22. The average Bonchev–Trinajstić information content (AvgIpc) is 2.39. The maximum absolute atomic E-state index is 11.9. The minimum Gasteiger partial charge on any atom is -0.464 e. The second kappa shape index (κ2) is 7.74. The number of carbonyl (C=O) groups is 1. The van der Waals surface area contributed by atoms with Crippen molar-refractivity contribution in [3.63, 3.8) is 0 Å². The van der Waals surface area contributed by atoms with Gasteiger partial charge in [0.1, 0.15) is 0 Å². The van der Waals surface area contributed by atoms with Crippen molar-refractivity contribution in [3.05, 3.63) is 0 Å². The SMILES string of the molecule is CCCC(OC1(CN)CCCCC1)C(=O)OCC. The molecule has 1 fully saturated rings. The van der Waals surface area contributed by atoms with E-state index in [2.05, 4.69) is 0 Å². The molecule has 4 nitrogen and oxygen atoms in total. The molecular weight excluding hydrogens is 230 g/mol. The van der Waals surface area contributed by atoms with Crippen LogP contribution >= 0.6 is 0 Å². The predicted molar refractivity (Wildman–Crippen MR) is 71.3 cm³/mol. The van der Waals surface area contributed by atoms with Gasteiger partial charge in [0.05, 0.1) is 12.2 Å². The summed E-state index contributed by atoms with van der Waals surface area (Å²) in [6, 6.07) is 0. The Balaban J connectivity index is 2.64. The van der Waals surface area contributed by atoms with E-state index in [1.54, 1.807) is 0 Å². The van der Waals surface area contributed by atoms with Crippen molar-refractivity contribution in [1.82, 2.24) is 0 Å². The molecule has 18 heavy (non-hydrogen) atoms. The van der Waals surface area contributed by atoms with E-state index in [0.29, 0.717) is 19.6 Å². The van der Waals surface area contributed by atoms with Crippen LogP contribution in [0.1, 0.15) is 58.8 Å². The molecule has 0 amide bonds. The fourth-order valence-electron chi connectivity index (χ4n) is 2.59. The Morgan fingerprint density at radius 1 is 1.28 bits per heavy atom. The minimum absolute atomic E-state index is 0.238. The van der Waals surface area contributed by atoms with E-state index in [4.69, 9.17) is 15.2 Å². The molecule has 0 aromatic carbocycles. The first-order valence-corrected chi connectivity index (χ1v) is 7.22. The van der Waals surface area contributed by atoms with E-state index in [1.165, 1.54) is 6.42 Å². The van der Waals surface area contributed by atoms with Crippen LogP contribution in [-0.4, -0.2) is 30.8 Å². The van der Waals surface area contributed by atoms with Crippen molar-refractivity contribution in [2.75, 3.05) is 13.2 Å². The van der Waals surface area contributed by atoms with E-state index in [0.717, 1.165) is 32.1 Å². The summed E-state index contributed by atoms with van der Waals surface area (Å²) in [5.41, 5.74) is 5.58. The number of hydrogen-bond acceptors (Lipinski definition) is 4. The van der Waals surface area contributed by atoms with Crippen LogP contribution in [0.25, 0.3) is 0 Å². The Bertz CT molecular complexity index is 249. The largest absolute Gasteiger partial charge is 0.464 e. The molecule has 0 radical (unpaired) electrons. The second-order valence-electron chi connectivity index (χ2n) is 5.10. The zero-order valence-corrected chi connectivity index (χ0v) is 11.7. The molecule has 0 aromatic rings. The summed E-state index contributed by atoms with van der Waals surface area (Å²) in [5.74, 6) is -0.238. The van der Waals surface area contributed by atoms with Gasteiger partial charge in [-0.25, -0.2) is 4.79 Å². The van der Waals surface area contributed by atoms with E-state index >= 15 is 0 Å². The van der Waals surface area contributed by atoms with Gasteiger partial charge >= 0.3 is 5.97 Å². The minimum atomic E-state index is -0.448. The first kappa shape index (κ1) is 15.4. The summed E-state index contributed by atoms with van der Waals surface area (Å²) in [6.07, 6.45) is 6.61. The summed E-state index contributed by atoms with van der Waals surface area (Å²) >= 11 is 0. The van der Waals surface area contributed by atoms with Crippen molar-refractivity contribution in [1.29, 1.82) is 0 Å². The maximum Gasteiger partial charge on any atom is 0.335 e. The Hall–Kier alpha value is -0.610. The third kappa shape index (κ3) is 4.25. The third-order valence-corrected chi connectivity index (χ3v) is 3.63. The van der Waals surface area contributed by atoms with Crippen LogP contribution in [0.3, 0.4) is 0 Å². The highest BCUT2D eigenvalue weighted by Crippen LogP contribution is 2.32. The van der Waals surface area contributed by atoms with Crippen LogP contribution in [0.2, 0.25) is 0 Å². The molecule has 0 aliphatic heterocycles. The molecule has 0 bridgehead atoms. The quantitative estimate of drug-likeness (QED) is 0.711. The molecule has 1 saturated carbocycles. The summed E-state index contributed by atoms with van der Waals surface area (Å²) < 4.78 is 11.2. The van der Waals surface area contributed by atoms with Gasteiger partial charge in [-0.15, -0.1) is 0 Å². The van der Waals surface area contributed by atoms with E-state index in [-0.39, 0.29) is 11.6 Å². The van der Waals surface area contributed by atoms with Gasteiger partial charge in [0.2, 0.25) is 0 Å². The highest BCUT2D eigenvalue weighted by molar-refractivity contribution is 5.74. The summed E-state index contributed by atoms with van der Waals surface area (Å²) in [7, 11) is 0. The zero-order valence-electron chi connectivity index (χ0n) is 11.7. The zero-order chi connectivity index (χ0) is 13.4. The van der Waals surface area contributed by atoms with E-state index in [9.17, 15) is 4.79 Å². The third-order valence-electron chi connectivity index (χ3n) is 3.63. The molecule has 4 heteroatoms. The van der Waals surface area contributed by atoms with Gasteiger partial charge in [0.25, 0.3) is 0 Å². The van der Waals surface area contributed by atoms with Gasteiger partial charge in [-0.2, -0.15) is 0 Å².